The second kappa shape index (κ2) is 10.8. The highest BCUT2D eigenvalue weighted by Crippen LogP contribution is 2.27. The van der Waals surface area contributed by atoms with Crippen molar-refractivity contribution in [1.29, 1.82) is 0 Å². The fraction of sp³-hybridized carbons (Fsp3) is 0.346. The second-order valence-electron chi connectivity index (χ2n) is 8.73. The molecule has 2 aromatic carbocycles. The molecule has 1 N–H and O–H groups in total. The van der Waals surface area contributed by atoms with E-state index < -0.39 is 0 Å². The summed E-state index contributed by atoms with van der Waals surface area (Å²) in [6.45, 7) is 4.02. The van der Waals surface area contributed by atoms with E-state index in [0.29, 0.717) is 17.5 Å². The molecule has 8 heteroatoms. The van der Waals surface area contributed by atoms with E-state index in [0.717, 1.165) is 53.9 Å². The van der Waals surface area contributed by atoms with E-state index in [4.69, 9.17) is 14.5 Å². The van der Waals surface area contributed by atoms with E-state index in [2.05, 4.69) is 54.4 Å². The van der Waals surface area contributed by atoms with Gasteiger partial charge in [-0.2, -0.15) is 0 Å². The maximum absolute atomic E-state index is 12.4. The smallest absolute Gasteiger partial charge is 0.262 e. The van der Waals surface area contributed by atoms with E-state index in [1.807, 2.05) is 18.2 Å². The van der Waals surface area contributed by atoms with Gasteiger partial charge >= 0.3 is 0 Å². The van der Waals surface area contributed by atoms with E-state index in [-0.39, 0.29) is 12.5 Å². The lowest BCUT2D eigenvalue weighted by molar-refractivity contribution is -0.118. The number of aromatic nitrogens is 1. The molecule has 178 valence electrons. The number of hydrogen-bond donors (Lipinski definition) is 1. The summed E-state index contributed by atoms with van der Waals surface area (Å²) < 4.78 is 10.7. The number of anilines is 2. The normalized spacial score (nSPS) is 14.3. The maximum atomic E-state index is 12.4. The molecule has 0 bridgehead atoms. The van der Waals surface area contributed by atoms with Crippen LogP contribution in [0, 0.1) is 6.92 Å². The van der Waals surface area contributed by atoms with E-state index >= 15 is 0 Å². The van der Waals surface area contributed by atoms with Crippen molar-refractivity contribution in [3.8, 4) is 11.5 Å². The molecular weight excluding hydrogens is 448 g/mol. The van der Waals surface area contributed by atoms with Crippen molar-refractivity contribution in [3.05, 3.63) is 54.1 Å². The molecule has 0 saturated carbocycles. The first kappa shape index (κ1) is 23.9. The van der Waals surface area contributed by atoms with E-state index in [9.17, 15) is 4.79 Å². The largest absolute Gasteiger partial charge is 0.484 e. The standard InChI is InChI=1S/C26H30N4O3S/c1-18-14-25(30-12-10-20(11-13-30)29(2)3)28-24-9-4-19(15-23(18)24)27-26(31)16-32-21-5-7-22(8-6-21)33-17-34/h4-9,14-15,17,20H,10-13,16H2,1-3H3,(H,27,31). The molecule has 1 aliphatic heterocycles. The summed E-state index contributed by atoms with van der Waals surface area (Å²) in [6.07, 6.45) is 2.29. The minimum atomic E-state index is -0.232. The number of thiocarbonyl (C=S) groups is 1. The number of amides is 1. The van der Waals surface area contributed by atoms with Gasteiger partial charge in [-0.05, 0) is 100 Å². The average Bonchev–Trinajstić information content (AvgIpc) is 2.84. The van der Waals surface area contributed by atoms with Crippen molar-refractivity contribution in [2.75, 3.05) is 44.0 Å². The highest BCUT2D eigenvalue weighted by atomic mass is 32.1. The summed E-state index contributed by atoms with van der Waals surface area (Å²) in [5.74, 6) is 1.99. The monoisotopic (exact) mass is 478 g/mol. The number of hydrogen-bond acceptors (Lipinski definition) is 7. The van der Waals surface area contributed by atoms with Crippen molar-refractivity contribution in [2.24, 2.45) is 0 Å². The van der Waals surface area contributed by atoms with Crippen molar-refractivity contribution < 1.29 is 14.3 Å². The van der Waals surface area contributed by atoms with Gasteiger partial charge in [-0.3, -0.25) is 4.79 Å². The molecule has 1 saturated heterocycles. The van der Waals surface area contributed by atoms with Crippen LogP contribution in [0.5, 0.6) is 11.5 Å². The zero-order chi connectivity index (χ0) is 24.1. The lowest BCUT2D eigenvalue weighted by Crippen LogP contribution is -2.42. The highest BCUT2D eigenvalue weighted by Gasteiger charge is 2.22. The molecule has 7 nitrogen and oxygen atoms in total. The molecule has 0 radical (unpaired) electrons. The number of rotatable bonds is 8. The van der Waals surface area contributed by atoms with Crippen LogP contribution in [-0.2, 0) is 4.79 Å². The lowest BCUT2D eigenvalue weighted by Gasteiger charge is -2.36. The van der Waals surface area contributed by atoms with Gasteiger partial charge in [-0.15, -0.1) is 0 Å². The summed E-state index contributed by atoms with van der Waals surface area (Å²) in [5, 5.41) is 3.93. The minimum Gasteiger partial charge on any atom is -0.484 e. The maximum Gasteiger partial charge on any atom is 0.262 e. The molecule has 2 heterocycles. The Bertz CT molecular complexity index is 1160. The Morgan fingerprint density at radius 2 is 1.85 bits per heavy atom. The highest BCUT2D eigenvalue weighted by molar-refractivity contribution is 7.78. The molecule has 1 aliphatic rings. The van der Waals surface area contributed by atoms with E-state index in [1.54, 1.807) is 24.3 Å². The number of pyridine rings is 1. The zero-order valence-corrected chi connectivity index (χ0v) is 20.6. The predicted octanol–water partition coefficient (Wildman–Crippen LogP) is 4.43. The number of aryl methyl sites for hydroxylation is 1. The number of nitrogens with one attached hydrogen (secondary N) is 1. The van der Waals surface area contributed by atoms with Gasteiger partial charge in [0.25, 0.3) is 5.91 Å². The van der Waals surface area contributed by atoms with Gasteiger partial charge in [0.1, 0.15) is 17.3 Å². The Balaban J connectivity index is 1.38. The Kier molecular flexibility index (Phi) is 7.59. The average molecular weight is 479 g/mol. The number of benzene rings is 2. The summed E-state index contributed by atoms with van der Waals surface area (Å²) in [6, 6.07) is 15.5. The topological polar surface area (TPSA) is 66.9 Å². The number of nitrogens with zero attached hydrogens (tertiary/aromatic N) is 3. The van der Waals surface area contributed by atoms with E-state index in [1.165, 1.54) is 5.55 Å². The first-order valence-electron chi connectivity index (χ1n) is 11.4. The summed E-state index contributed by atoms with van der Waals surface area (Å²) >= 11 is 4.66. The van der Waals surface area contributed by atoms with Crippen LogP contribution >= 0.6 is 12.2 Å². The number of piperidine rings is 1. The molecule has 0 spiro atoms. The third-order valence-corrected chi connectivity index (χ3v) is 6.28. The Labute approximate surface area is 205 Å². The van der Waals surface area contributed by atoms with Gasteiger partial charge in [0, 0.05) is 30.2 Å². The van der Waals surface area contributed by atoms with Crippen molar-refractivity contribution in [3.63, 3.8) is 0 Å². The number of ether oxygens (including phenoxy) is 2. The van der Waals surface area contributed by atoms with Gasteiger partial charge < -0.3 is 24.6 Å². The molecule has 0 unspecified atom stereocenters. The Morgan fingerprint density at radius 3 is 2.53 bits per heavy atom. The predicted molar refractivity (Wildman–Crippen MR) is 140 cm³/mol. The zero-order valence-electron chi connectivity index (χ0n) is 19.8. The van der Waals surface area contributed by atoms with Crippen LogP contribution in [0.2, 0.25) is 0 Å². The van der Waals surface area contributed by atoms with Gasteiger partial charge in [0.05, 0.1) is 5.52 Å². The lowest BCUT2D eigenvalue weighted by atomic mass is 10.0. The van der Waals surface area contributed by atoms with Crippen LogP contribution in [0.15, 0.2) is 48.5 Å². The van der Waals surface area contributed by atoms with Crippen molar-refractivity contribution in [2.45, 2.75) is 25.8 Å². The van der Waals surface area contributed by atoms with Gasteiger partial charge in [-0.1, -0.05) is 0 Å². The number of carbonyl (C=O) groups excluding carboxylic acids is 1. The fourth-order valence-corrected chi connectivity index (χ4v) is 4.35. The van der Waals surface area contributed by atoms with Gasteiger partial charge in [-0.25, -0.2) is 4.98 Å². The molecule has 0 aliphatic carbocycles. The molecule has 0 atom stereocenters. The SMILES string of the molecule is Cc1cc(N2CCC(N(C)C)CC2)nc2ccc(NC(=O)COc3ccc(OC=S)cc3)cc12. The quantitative estimate of drug-likeness (QED) is 0.481. The molecule has 1 aromatic heterocycles. The first-order valence-corrected chi connectivity index (χ1v) is 11.9. The van der Waals surface area contributed by atoms with Gasteiger partial charge in [0.15, 0.2) is 12.2 Å². The fourth-order valence-electron chi connectivity index (χ4n) is 4.24. The summed E-state index contributed by atoms with van der Waals surface area (Å²) in [4.78, 5) is 22.0. The molecule has 1 fully saturated rings. The molecule has 4 rings (SSSR count). The minimum absolute atomic E-state index is 0.0928. The third-order valence-electron chi connectivity index (χ3n) is 6.18. The number of fused-ring (bicyclic) bond motifs is 1. The summed E-state index contributed by atoms with van der Waals surface area (Å²) in [5.41, 5.74) is 3.98. The van der Waals surface area contributed by atoms with Crippen LogP contribution in [0.25, 0.3) is 10.9 Å². The summed E-state index contributed by atoms with van der Waals surface area (Å²) in [7, 11) is 4.30. The Morgan fingerprint density at radius 1 is 1.15 bits per heavy atom. The number of carbonyl (C=O) groups is 1. The molecular formula is C26H30N4O3S. The van der Waals surface area contributed by atoms with Crippen LogP contribution in [-0.4, -0.2) is 61.2 Å². The molecule has 1 amide bonds. The molecule has 3 aromatic rings. The van der Waals surface area contributed by atoms with Crippen LogP contribution in [0.4, 0.5) is 11.5 Å². The van der Waals surface area contributed by atoms with Gasteiger partial charge in [0.2, 0.25) is 0 Å². The van der Waals surface area contributed by atoms with Crippen LogP contribution in [0.1, 0.15) is 18.4 Å². The molecule has 34 heavy (non-hydrogen) atoms. The van der Waals surface area contributed by atoms with Crippen LogP contribution < -0.4 is 19.7 Å². The van der Waals surface area contributed by atoms with Crippen LogP contribution in [0.3, 0.4) is 0 Å². The second-order valence-corrected chi connectivity index (χ2v) is 8.93. The van der Waals surface area contributed by atoms with Crippen molar-refractivity contribution in [1.82, 2.24) is 9.88 Å². The Hall–Kier alpha value is -3.23. The van der Waals surface area contributed by atoms with Crippen molar-refractivity contribution >= 4 is 46.1 Å². The third kappa shape index (κ3) is 5.81. The first-order chi connectivity index (χ1) is 16.4.